The third-order valence-corrected chi connectivity index (χ3v) is 5.64. The van der Waals surface area contributed by atoms with Crippen molar-refractivity contribution in [3.63, 3.8) is 0 Å². The average molecular weight is 378 g/mol. The molecule has 2 amide bonds. The predicted molar refractivity (Wildman–Crippen MR) is 107 cm³/mol. The minimum atomic E-state index is -0.131. The number of fused-ring (bicyclic) bond motifs is 1. The summed E-state index contributed by atoms with van der Waals surface area (Å²) in [7, 11) is 0. The lowest BCUT2D eigenvalue weighted by Gasteiger charge is -2.37. The van der Waals surface area contributed by atoms with Crippen molar-refractivity contribution in [1.82, 2.24) is 29.5 Å². The van der Waals surface area contributed by atoms with Gasteiger partial charge in [0.15, 0.2) is 0 Å². The number of aromatic nitrogens is 4. The van der Waals surface area contributed by atoms with E-state index in [1.54, 1.807) is 6.20 Å². The molecule has 1 aliphatic heterocycles. The number of carbonyl (C=O) groups excluding carboxylic acids is 1. The lowest BCUT2D eigenvalue weighted by molar-refractivity contribution is 0.168. The van der Waals surface area contributed by atoms with E-state index in [1.165, 1.54) is 5.56 Å². The van der Waals surface area contributed by atoms with Crippen LogP contribution in [0.5, 0.6) is 0 Å². The molecule has 28 heavy (non-hydrogen) atoms. The molecule has 7 nitrogen and oxygen atoms in total. The van der Waals surface area contributed by atoms with Gasteiger partial charge < -0.3 is 14.8 Å². The van der Waals surface area contributed by atoms with Crippen molar-refractivity contribution in [3.05, 3.63) is 71.1 Å². The highest BCUT2D eigenvalue weighted by molar-refractivity contribution is 5.75. The number of nitrogens with zero attached hydrogens (tertiary/aromatic N) is 5. The largest absolute Gasteiger partial charge is 0.348 e. The number of carbonyl (C=O) groups is 1. The van der Waals surface area contributed by atoms with E-state index < -0.39 is 0 Å². The number of hydrogen-bond acceptors (Lipinski definition) is 3. The molecule has 0 aliphatic carbocycles. The van der Waals surface area contributed by atoms with Gasteiger partial charge in [-0.25, -0.2) is 4.79 Å². The van der Waals surface area contributed by atoms with Crippen LogP contribution in [0.4, 0.5) is 4.79 Å². The maximum absolute atomic E-state index is 13.0. The van der Waals surface area contributed by atoms with Gasteiger partial charge in [-0.3, -0.25) is 9.67 Å². The molecule has 0 fully saturated rings. The summed E-state index contributed by atoms with van der Waals surface area (Å²) in [6.45, 7) is 8.81. The second-order valence-corrected chi connectivity index (χ2v) is 7.26. The van der Waals surface area contributed by atoms with E-state index in [0.717, 1.165) is 29.2 Å². The first-order chi connectivity index (χ1) is 13.6. The zero-order chi connectivity index (χ0) is 19.7. The molecular formula is C21H26N6O. The Labute approximate surface area is 165 Å². The molecule has 1 atom stereocenters. The summed E-state index contributed by atoms with van der Waals surface area (Å²) in [5.41, 5.74) is 5.53. The van der Waals surface area contributed by atoms with Crippen molar-refractivity contribution in [3.8, 4) is 0 Å². The Balaban J connectivity index is 1.49. The Hall–Kier alpha value is -3.09. The van der Waals surface area contributed by atoms with Gasteiger partial charge in [-0.2, -0.15) is 5.10 Å². The normalized spacial score (nSPS) is 16.1. The standard InChI is InChI=1S/C21H26N6O/c1-15-16(2)24-27(17(15)3)11-9-23-21(28)26-13-12-25-10-5-7-19(25)20(26)18-6-4-8-22-14-18/h4-8,10,14,20H,9,11-13H2,1-3H3,(H,23,28)/t20-/m1/s1. The van der Waals surface area contributed by atoms with Crippen LogP contribution in [0.25, 0.3) is 0 Å². The summed E-state index contributed by atoms with van der Waals surface area (Å²) in [6.07, 6.45) is 5.66. The summed E-state index contributed by atoms with van der Waals surface area (Å²) >= 11 is 0. The second-order valence-electron chi connectivity index (χ2n) is 7.26. The van der Waals surface area contributed by atoms with E-state index in [4.69, 9.17) is 0 Å². The molecule has 146 valence electrons. The highest BCUT2D eigenvalue weighted by atomic mass is 16.2. The van der Waals surface area contributed by atoms with Crippen LogP contribution in [0.2, 0.25) is 0 Å². The van der Waals surface area contributed by atoms with E-state index in [0.29, 0.717) is 19.6 Å². The van der Waals surface area contributed by atoms with E-state index in [-0.39, 0.29) is 12.1 Å². The molecule has 4 rings (SSSR count). The fourth-order valence-corrected chi connectivity index (χ4v) is 3.87. The number of aryl methyl sites for hydroxylation is 1. The van der Waals surface area contributed by atoms with Gasteiger partial charge in [0.25, 0.3) is 0 Å². The van der Waals surface area contributed by atoms with E-state index in [1.807, 2.05) is 40.9 Å². The zero-order valence-electron chi connectivity index (χ0n) is 16.6. The van der Waals surface area contributed by atoms with Crippen molar-refractivity contribution >= 4 is 6.03 Å². The molecule has 4 heterocycles. The van der Waals surface area contributed by atoms with Gasteiger partial charge in [0.2, 0.25) is 0 Å². The third kappa shape index (κ3) is 3.28. The van der Waals surface area contributed by atoms with Gasteiger partial charge in [-0.05, 0) is 50.1 Å². The minimum Gasteiger partial charge on any atom is -0.348 e. The topological polar surface area (TPSA) is 68.0 Å². The molecule has 1 N–H and O–H groups in total. The fraction of sp³-hybridized carbons (Fsp3) is 0.381. The molecule has 3 aromatic rings. The van der Waals surface area contributed by atoms with E-state index >= 15 is 0 Å². The highest BCUT2D eigenvalue weighted by Crippen LogP contribution is 2.31. The SMILES string of the molecule is Cc1nn(CCNC(=O)N2CCn3cccc3[C@H]2c2cccnc2)c(C)c1C. The van der Waals surface area contributed by atoms with E-state index in [2.05, 4.69) is 46.1 Å². The molecule has 3 aromatic heterocycles. The molecule has 0 unspecified atom stereocenters. The smallest absolute Gasteiger partial charge is 0.318 e. The van der Waals surface area contributed by atoms with Crippen molar-refractivity contribution in [2.45, 2.75) is 39.9 Å². The Kier molecular flexibility index (Phi) is 4.90. The van der Waals surface area contributed by atoms with Crippen LogP contribution in [-0.4, -0.2) is 43.4 Å². The van der Waals surface area contributed by atoms with Crippen LogP contribution in [0.1, 0.15) is 34.3 Å². The molecule has 0 aromatic carbocycles. The number of rotatable bonds is 4. The number of pyridine rings is 1. The molecule has 0 spiro atoms. The molecule has 0 saturated heterocycles. The van der Waals surface area contributed by atoms with Crippen molar-refractivity contribution in [1.29, 1.82) is 0 Å². The first kappa shape index (κ1) is 18.3. The zero-order valence-corrected chi connectivity index (χ0v) is 16.6. The molecule has 7 heteroatoms. The maximum atomic E-state index is 13.0. The van der Waals surface area contributed by atoms with Gasteiger partial charge in [-0.15, -0.1) is 0 Å². The monoisotopic (exact) mass is 378 g/mol. The number of amides is 2. The number of nitrogens with one attached hydrogen (secondary N) is 1. The lowest BCUT2D eigenvalue weighted by Crippen LogP contribution is -2.47. The molecule has 0 saturated carbocycles. The van der Waals surface area contributed by atoms with Crippen LogP contribution < -0.4 is 5.32 Å². The summed E-state index contributed by atoms with van der Waals surface area (Å²) in [5, 5.41) is 7.62. The molecule has 0 bridgehead atoms. The van der Waals surface area contributed by atoms with Gasteiger partial charge >= 0.3 is 6.03 Å². The van der Waals surface area contributed by atoms with E-state index in [9.17, 15) is 4.79 Å². The van der Waals surface area contributed by atoms with Crippen molar-refractivity contribution in [2.75, 3.05) is 13.1 Å². The van der Waals surface area contributed by atoms with Crippen LogP contribution >= 0.6 is 0 Å². The van der Waals surface area contributed by atoms with Gasteiger partial charge in [0.1, 0.15) is 6.04 Å². The second kappa shape index (κ2) is 7.50. The molecule has 0 radical (unpaired) electrons. The van der Waals surface area contributed by atoms with Gasteiger partial charge in [-0.1, -0.05) is 6.07 Å². The summed E-state index contributed by atoms with van der Waals surface area (Å²) in [6, 6.07) is 7.87. The Morgan fingerprint density at radius 2 is 2.07 bits per heavy atom. The summed E-state index contributed by atoms with van der Waals surface area (Å²) in [4.78, 5) is 19.2. The minimum absolute atomic E-state index is 0.0560. The first-order valence-electron chi connectivity index (χ1n) is 9.66. The Morgan fingerprint density at radius 3 is 2.79 bits per heavy atom. The number of hydrogen-bond donors (Lipinski definition) is 1. The lowest BCUT2D eigenvalue weighted by atomic mass is 10.0. The number of urea groups is 1. The summed E-state index contributed by atoms with van der Waals surface area (Å²) < 4.78 is 4.17. The van der Waals surface area contributed by atoms with Crippen LogP contribution in [0.15, 0.2) is 42.9 Å². The maximum Gasteiger partial charge on any atom is 0.318 e. The average Bonchev–Trinajstić information content (AvgIpc) is 3.28. The summed E-state index contributed by atoms with van der Waals surface area (Å²) in [5.74, 6) is 0. The third-order valence-electron chi connectivity index (χ3n) is 5.64. The predicted octanol–water partition coefficient (Wildman–Crippen LogP) is 2.82. The Bertz CT molecular complexity index is 974. The van der Waals surface area contributed by atoms with Crippen LogP contribution in [0, 0.1) is 20.8 Å². The molecular weight excluding hydrogens is 352 g/mol. The van der Waals surface area contributed by atoms with Gasteiger partial charge in [0, 0.05) is 49.6 Å². The molecule has 1 aliphatic rings. The first-order valence-corrected chi connectivity index (χ1v) is 9.66. The van der Waals surface area contributed by atoms with Crippen molar-refractivity contribution in [2.24, 2.45) is 0 Å². The Morgan fingerprint density at radius 1 is 1.21 bits per heavy atom. The van der Waals surface area contributed by atoms with Crippen molar-refractivity contribution < 1.29 is 4.79 Å². The van der Waals surface area contributed by atoms with Crippen LogP contribution in [0.3, 0.4) is 0 Å². The fourth-order valence-electron chi connectivity index (χ4n) is 3.87. The highest BCUT2D eigenvalue weighted by Gasteiger charge is 2.32. The van der Waals surface area contributed by atoms with Crippen LogP contribution in [-0.2, 0) is 13.1 Å². The van der Waals surface area contributed by atoms with Gasteiger partial charge in [0.05, 0.1) is 12.2 Å². The quantitative estimate of drug-likeness (QED) is 0.759.